The van der Waals surface area contributed by atoms with Crippen molar-refractivity contribution in [3.63, 3.8) is 0 Å². The monoisotopic (exact) mass is 884 g/mol. The van der Waals surface area contributed by atoms with Crippen molar-refractivity contribution in [3.05, 3.63) is 132 Å². The highest BCUT2D eigenvalue weighted by molar-refractivity contribution is 6.99. The molecule has 0 aromatic heterocycles. The molecule has 4 heterocycles. The van der Waals surface area contributed by atoms with Gasteiger partial charge in [-0.25, -0.2) is 0 Å². The van der Waals surface area contributed by atoms with Gasteiger partial charge in [-0.2, -0.15) is 0 Å². The smallest absolute Gasteiger partial charge is 0.261 e. The zero-order valence-corrected chi connectivity index (χ0v) is 39.0. The standard InChI is InChI=1S/C50H64O12Si/c1-47(2,3)63(36-26-18-12-19-27-36,37-28-20-13-21-29-37)55-33-39-40(44-46(57-39)62-48(4,5)59-44)58-45-43(54-31-35-24-16-11-17-25-35)42-41(60-49(6,51-8)50(7,52-9)61-42)38(56-45)32-53-30-34-22-14-10-15-23-34/h10-29,38-46H,30-33H2,1-9H3/t38-,39-,40-,41-,42+,43-,44-,45-,46-,49+,50+/m1/s1. The molecule has 0 spiro atoms. The molecule has 0 amide bonds. The van der Waals surface area contributed by atoms with E-state index in [0.29, 0.717) is 6.61 Å². The van der Waals surface area contributed by atoms with Crippen LogP contribution in [0, 0.1) is 0 Å². The van der Waals surface area contributed by atoms with Crippen LogP contribution in [0.3, 0.4) is 0 Å². The van der Waals surface area contributed by atoms with Crippen LogP contribution in [-0.2, 0) is 69.7 Å². The maximum Gasteiger partial charge on any atom is 0.261 e. The van der Waals surface area contributed by atoms with Gasteiger partial charge in [-0.1, -0.05) is 142 Å². The predicted molar refractivity (Wildman–Crippen MR) is 237 cm³/mol. The van der Waals surface area contributed by atoms with E-state index in [9.17, 15) is 0 Å². The summed E-state index contributed by atoms with van der Waals surface area (Å²) in [6.45, 7) is 15.0. The quantitative estimate of drug-likeness (QED) is 0.110. The molecule has 0 bridgehead atoms. The van der Waals surface area contributed by atoms with Gasteiger partial charge in [0.25, 0.3) is 8.32 Å². The van der Waals surface area contributed by atoms with Crippen LogP contribution in [0.2, 0.25) is 5.04 Å². The third kappa shape index (κ3) is 9.37. The number of hydrogen-bond donors (Lipinski definition) is 0. The summed E-state index contributed by atoms with van der Waals surface area (Å²) < 4.78 is 80.6. The molecule has 0 aliphatic carbocycles. The van der Waals surface area contributed by atoms with E-state index in [-0.39, 0.29) is 24.9 Å². The molecule has 340 valence electrons. The third-order valence-corrected chi connectivity index (χ3v) is 17.9. The van der Waals surface area contributed by atoms with Crippen molar-refractivity contribution < 1.29 is 56.5 Å². The zero-order valence-electron chi connectivity index (χ0n) is 38.0. The fourth-order valence-corrected chi connectivity index (χ4v) is 13.9. The maximum atomic E-state index is 7.45. The first-order chi connectivity index (χ1) is 30.2. The average Bonchev–Trinajstić information content (AvgIpc) is 3.75. The summed E-state index contributed by atoms with van der Waals surface area (Å²) in [5, 5.41) is 2.03. The molecule has 4 aromatic rings. The Morgan fingerprint density at radius 3 is 1.62 bits per heavy atom. The first-order valence-electron chi connectivity index (χ1n) is 22.0. The van der Waals surface area contributed by atoms with Crippen LogP contribution in [-0.4, -0.2) is 108 Å². The van der Waals surface area contributed by atoms with Gasteiger partial charge in [-0.05, 0) is 54.2 Å². The molecule has 11 atom stereocenters. The normalized spacial score (nSPS) is 32.9. The Labute approximate surface area is 373 Å². The van der Waals surface area contributed by atoms with Gasteiger partial charge in [0.05, 0.1) is 26.4 Å². The van der Waals surface area contributed by atoms with Crippen LogP contribution in [0.1, 0.15) is 59.6 Å². The topological polar surface area (TPSA) is 111 Å². The Morgan fingerprint density at radius 2 is 1.08 bits per heavy atom. The van der Waals surface area contributed by atoms with Gasteiger partial charge in [0.2, 0.25) is 11.6 Å². The summed E-state index contributed by atoms with van der Waals surface area (Å²) in [6, 6.07) is 41.0. The number of benzene rings is 4. The zero-order chi connectivity index (χ0) is 44.5. The lowest BCUT2D eigenvalue weighted by Crippen LogP contribution is -2.73. The van der Waals surface area contributed by atoms with Crippen LogP contribution in [0.25, 0.3) is 0 Å². The van der Waals surface area contributed by atoms with Crippen LogP contribution in [0.15, 0.2) is 121 Å². The molecule has 4 aliphatic rings. The molecule has 8 rings (SSSR count). The summed E-state index contributed by atoms with van der Waals surface area (Å²) in [7, 11) is 0.143. The average molecular weight is 885 g/mol. The van der Waals surface area contributed by atoms with Crippen molar-refractivity contribution in [1.82, 2.24) is 0 Å². The molecule has 0 radical (unpaired) electrons. The van der Waals surface area contributed by atoms with E-state index < -0.39 is 81.0 Å². The lowest BCUT2D eigenvalue weighted by atomic mass is 9.93. The van der Waals surface area contributed by atoms with Gasteiger partial charge < -0.3 is 56.5 Å². The SMILES string of the molecule is CO[C@@]1(C)O[C@@H]2[C@@H](OCc3ccccc3)[C@@H](O[C@H]3[C@H]4OC(C)(C)O[C@H]4O[C@@H]3CO[Si](c3ccccc3)(c3ccccc3)C(C)(C)C)O[C@H](COCc3ccccc3)[C@H]2O[C@]1(C)OC. The van der Waals surface area contributed by atoms with Crippen molar-refractivity contribution in [3.8, 4) is 0 Å². The maximum absolute atomic E-state index is 7.45. The summed E-state index contributed by atoms with van der Waals surface area (Å²) >= 11 is 0. The van der Waals surface area contributed by atoms with E-state index in [1.54, 1.807) is 28.1 Å². The van der Waals surface area contributed by atoms with Crippen molar-refractivity contribution in [1.29, 1.82) is 0 Å². The van der Waals surface area contributed by atoms with E-state index in [2.05, 4.69) is 69.3 Å². The van der Waals surface area contributed by atoms with E-state index in [1.807, 2.05) is 86.6 Å². The first kappa shape index (κ1) is 46.2. The Balaban J connectivity index is 1.15. The van der Waals surface area contributed by atoms with Crippen LogP contribution < -0.4 is 10.4 Å². The predicted octanol–water partition coefficient (Wildman–Crippen LogP) is 6.86. The molecule has 4 aromatic carbocycles. The molecule has 0 N–H and O–H groups in total. The van der Waals surface area contributed by atoms with Crippen molar-refractivity contribution in [2.45, 2.75) is 139 Å². The Kier molecular flexibility index (Phi) is 13.8. The molecule has 63 heavy (non-hydrogen) atoms. The molecular weight excluding hydrogens is 821 g/mol. The molecular formula is C50H64O12Si. The summed E-state index contributed by atoms with van der Waals surface area (Å²) in [5.74, 6) is -3.60. The number of methoxy groups -OCH3 is 2. The highest BCUT2D eigenvalue weighted by Gasteiger charge is 2.65. The second-order valence-corrected chi connectivity index (χ2v) is 22.8. The van der Waals surface area contributed by atoms with Crippen LogP contribution in [0.5, 0.6) is 0 Å². The van der Waals surface area contributed by atoms with Gasteiger partial charge in [0, 0.05) is 14.2 Å². The number of ether oxygens (including phenoxy) is 11. The highest BCUT2D eigenvalue weighted by Crippen LogP contribution is 2.47. The minimum absolute atomic E-state index is 0.147. The lowest BCUT2D eigenvalue weighted by Gasteiger charge is -2.57. The van der Waals surface area contributed by atoms with Gasteiger partial charge >= 0.3 is 0 Å². The molecule has 4 aliphatic heterocycles. The molecule has 12 nitrogen and oxygen atoms in total. The van der Waals surface area contributed by atoms with Gasteiger partial charge in [0.1, 0.15) is 42.7 Å². The lowest BCUT2D eigenvalue weighted by molar-refractivity contribution is -0.483. The van der Waals surface area contributed by atoms with Gasteiger partial charge in [0.15, 0.2) is 18.4 Å². The van der Waals surface area contributed by atoms with E-state index in [1.165, 1.54) is 0 Å². The van der Waals surface area contributed by atoms with E-state index in [4.69, 9.17) is 56.5 Å². The fourth-order valence-electron chi connectivity index (χ4n) is 9.38. The second kappa shape index (κ2) is 18.8. The Bertz CT molecular complexity index is 2020. The number of rotatable bonds is 16. The van der Waals surface area contributed by atoms with Crippen molar-refractivity contribution >= 4 is 18.7 Å². The largest absolute Gasteiger partial charge is 0.405 e. The van der Waals surface area contributed by atoms with Crippen LogP contribution >= 0.6 is 0 Å². The van der Waals surface area contributed by atoms with E-state index >= 15 is 0 Å². The van der Waals surface area contributed by atoms with Gasteiger partial charge in [-0.3, -0.25) is 0 Å². The summed E-state index contributed by atoms with van der Waals surface area (Å²) in [6.07, 6.45) is -6.78. The Hall–Kier alpha value is -3.38. The highest BCUT2D eigenvalue weighted by atomic mass is 28.4. The second-order valence-electron chi connectivity index (χ2n) is 18.5. The molecule has 13 heteroatoms. The van der Waals surface area contributed by atoms with Crippen LogP contribution in [0.4, 0.5) is 0 Å². The van der Waals surface area contributed by atoms with Crippen molar-refractivity contribution in [2.75, 3.05) is 27.4 Å². The number of fused-ring (bicyclic) bond motifs is 2. The van der Waals surface area contributed by atoms with Gasteiger partial charge in [-0.15, -0.1) is 0 Å². The molecule has 4 fully saturated rings. The first-order valence-corrected chi connectivity index (χ1v) is 23.9. The minimum Gasteiger partial charge on any atom is -0.405 e. The van der Waals surface area contributed by atoms with Crippen molar-refractivity contribution in [2.24, 2.45) is 0 Å². The fraction of sp³-hybridized carbons (Fsp3) is 0.520. The summed E-state index contributed by atoms with van der Waals surface area (Å²) in [5.41, 5.74) is 1.99. The number of hydrogen-bond acceptors (Lipinski definition) is 12. The minimum atomic E-state index is -2.99. The molecule has 0 unspecified atom stereocenters. The summed E-state index contributed by atoms with van der Waals surface area (Å²) in [4.78, 5) is 0. The third-order valence-electron chi connectivity index (χ3n) is 12.9. The molecule has 0 saturated carbocycles. The van der Waals surface area contributed by atoms with E-state index in [0.717, 1.165) is 21.5 Å². The molecule has 4 saturated heterocycles. The Morgan fingerprint density at radius 1 is 0.556 bits per heavy atom.